The first kappa shape index (κ1) is 14.7. The van der Waals surface area contributed by atoms with Gasteiger partial charge in [0.15, 0.2) is 0 Å². The largest absolute Gasteiger partial charge is 0.380 e. The monoisotopic (exact) mass is 318 g/mol. The summed E-state index contributed by atoms with van der Waals surface area (Å²) in [6.45, 7) is 3.00. The van der Waals surface area contributed by atoms with Crippen molar-refractivity contribution >= 4 is 27.5 Å². The van der Waals surface area contributed by atoms with Crippen LogP contribution in [0.3, 0.4) is 0 Å². The molecular weight excluding hydrogens is 304 g/mol. The maximum absolute atomic E-state index is 11.7. The summed E-state index contributed by atoms with van der Waals surface area (Å²) in [5.41, 5.74) is 5.31. The van der Waals surface area contributed by atoms with Crippen LogP contribution in [0, 0.1) is 0 Å². The first-order valence-electron chi connectivity index (χ1n) is 5.41. The van der Waals surface area contributed by atoms with Crippen LogP contribution in [-0.2, 0) is 16.1 Å². The number of nitrogens with zero attached hydrogens (tertiary/aromatic N) is 2. The Hall–Kier alpha value is -1.41. The number of ether oxygens (including phenoxy) is 1. The molecule has 1 rings (SSSR count). The minimum absolute atomic E-state index is 0.113. The van der Waals surface area contributed by atoms with E-state index in [2.05, 4.69) is 26.3 Å². The maximum Gasteiger partial charge on any atom is 0.283 e. The third-order valence-electron chi connectivity index (χ3n) is 2.09. The highest BCUT2D eigenvalue weighted by Crippen LogP contribution is 2.15. The highest BCUT2D eigenvalue weighted by atomic mass is 79.9. The van der Waals surface area contributed by atoms with Gasteiger partial charge in [0.2, 0.25) is 5.91 Å². The Morgan fingerprint density at radius 2 is 2.39 bits per heavy atom. The summed E-state index contributed by atoms with van der Waals surface area (Å²) < 4.78 is 6.75. The Kier molecular flexibility index (Phi) is 5.79. The summed E-state index contributed by atoms with van der Waals surface area (Å²) >= 11 is 3.21. The molecule has 0 unspecified atom stereocenters. The fourth-order valence-electron chi connectivity index (χ4n) is 1.24. The van der Waals surface area contributed by atoms with E-state index in [1.54, 1.807) is 6.20 Å². The number of nitrogens with two attached hydrogens (primary N) is 1. The molecule has 18 heavy (non-hydrogen) atoms. The molecule has 0 atom stereocenters. The molecular formula is C10H15BrN4O3. The second kappa shape index (κ2) is 7.12. The molecule has 0 bridgehead atoms. The molecule has 1 aromatic rings. The van der Waals surface area contributed by atoms with E-state index in [4.69, 9.17) is 10.5 Å². The highest BCUT2D eigenvalue weighted by Gasteiger charge is 2.07. The van der Waals surface area contributed by atoms with E-state index in [-0.39, 0.29) is 12.2 Å². The number of anilines is 1. The molecule has 0 aliphatic rings. The van der Waals surface area contributed by atoms with Crippen molar-refractivity contribution in [1.29, 1.82) is 0 Å². The molecule has 8 heteroatoms. The van der Waals surface area contributed by atoms with E-state index in [0.717, 1.165) is 0 Å². The zero-order chi connectivity index (χ0) is 13.5. The van der Waals surface area contributed by atoms with Gasteiger partial charge in [-0.1, -0.05) is 0 Å². The van der Waals surface area contributed by atoms with E-state index in [1.165, 1.54) is 4.68 Å². The predicted octanol–water partition coefficient (Wildman–Crippen LogP) is -0.0605. The van der Waals surface area contributed by atoms with Gasteiger partial charge in [0.25, 0.3) is 5.56 Å². The summed E-state index contributed by atoms with van der Waals surface area (Å²) in [5, 5.41) is 6.96. The van der Waals surface area contributed by atoms with Gasteiger partial charge in [-0.05, 0) is 22.9 Å². The molecule has 1 amide bonds. The summed E-state index contributed by atoms with van der Waals surface area (Å²) in [7, 11) is 0. The van der Waals surface area contributed by atoms with E-state index in [9.17, 15) is 9.59 Å². The third kappa shape index (κ3) is 4.11. The molecule has 0 radical (unpaired) electrons. The van der Waals surface area contributed by atoms with Gasteiger partial charge in [0.1, 0.15) is 11.1 Å². The summed E-state index contributed by atoms with van der Waals surface area (Å²) in [5.74, 6) is -0.511. The minimum atomic E-state index is -0.511. The van der Waals surface area contributed by atoms with Gasteiger partial charge in [-0.15, -0.1) is 0 Å². The number of aromatic nitrogens is 2. The van der Waals surface area contributed by atoms with Gasteiger partial charge < -0.3 is 15.8 Å². The minimum Gasteiger partial charge on any atom is -0.380 e. The Bertz CT molecular complexity index is 475. The first-order valence-corrected chi connectivity index (χ1v) is 6.21. The average Bonchev–Trinajstić information content (AvgIpc) is 2.33. The molecule has 0 fully saturated rings. The number of carbonyl (C=O) groups is 1. The van der Waals surface area contributed by atoms with Crippen LogP contribution in [0.15, 0.2) is 15.5 Å². The maximum atomic E-state index is 11.7. The lowest BCUT2D eigenvalue weighted by Gasteiger charge is -2.09. The Morgan fingerprint density at radius 3 is 3.00 bits per heavy atom. The summed E-state index contributed by atoms with van der Waals surface area (Å²) in [4.78, 5) is 22.1. The van der Waals surface area contributed by atoms with Crippen molar-refractivity contribution in [3.8, 4) is 0 Å². The summed E-state index contributed by atoms with van der Waals surface area (Å²) in [6.07, 6.45) is 1.56. The molecule has 0 aromatic carbocycles. The first-order chi connectivity index (χ1) is 8.56. The standard InChI is InChI=1S/C10H15BrN4O3/c1-2-15-10(17)9(11)7(5-14-15)13-3-4-18-6-8(12)16/h5,13H,2-4,6H2,1H3,(H2,12,16). The number of hydrogen-bond acceptors (Lipinski definition) is 5. The number of carbonyl (C=O) groups excluding carboxylic acids is 1. The van der Waals surface area contributed by atoms with E-state index in [0.29, 0.717) is 29.9 Å². The molecule has 7 nitrogen and oxygen atoms in total. The van der Waals surface area contributed by atoms with Crippen LogP contribution in [0.1, 0.15) is 6.92 Å². The van der Waals surface area contributed by atoms with E-state index >= 15 is 0 Å². The fraction of sp³-hybridized carbons (Fsp3) is 0.500. The SMILES string of the molecule is CCn1ncc(NCCOCC(N)=O)c(Br)c1=O. The van der Waals surface area contributed by atoms with E-state index in [1.807, 2.05) is 6.92 Å². The quantitative estimate of drug-likeness (QED) is 0.686. The zero-order valence-electron chi connectivity index (χ0n) is 9.98. The van der Waals surface area contributed by atoms with Crippen molar-refractivity contribution in [3.05, 3.63) is 21.0 Å². The van der Waals surface area contributed by atoms with E-state index < -0.39 is 5.91 Å². The number of aryl methyl sites for hydroxylation is 1. The Morgan fingerprint density at radius 1 is 1.67 bits per heavy atom. The number of halogens is 1. The number of primary amides is 1. The van der Waals surface area contributed by atoms with Gasteiger partial charge in [-0.3, -0.25) is 9.59 Å². The molecule has 0 aliphatic heterocycles. The number of nitrogens with one attached hydrogen (secondary N) is 1. The smallest absolute Gasteiger partial charge is 0.283 e. The molecule has 0 spiro atoms. The average molecular weight is 319 g/mol. The van der Waals surface area contributed by atoms with Crippen LogP contribution >= 0.6 is 15.9 Å². The van der Waals surface area contributed by atoms with Gasteiger partial charge in [0, 0.05) is 13.1 Å². The second-order valence-electron chi connectivity index (χ2n) is 3.44. The van der Waals surface area contributed by atoms with Crippen LogP contribution in [0.5, 0.6) is 0 Å². The van der Waals surface area contributed by atoms with Gasteiger partial charge in [-0.25, -0.2) is 4.68 Å². The van der Waals surface area contributed by atoms with Crippen LogP contribution in [0.2, 0.25) is 0 Å². The number of amides is 1. The molecule has 3 N–H and O–H groups in total. The molecule has 1 heterocycles. The normalized spacial score (nSPS) is 10.3. The van der Waals surface area contributed by atoms with Gasteiger partial charge in [-0.2, -0.15) is 5.10 Å². The summed E-state index contributed by atoms with van der Waals surface area (Å²) in [6, 6.07) is 0. The van der Waals surface area contributed by atoms with Crippen LogP contribution in [-0.4, -0.2) is 35.4 Å². The predicted molar refractivity (Wildman–Crippen MR) is 70.4 cm³/mol. The zero-order valence-corrected chi connectivity index (χ0v) is 11.6. The van der Waals surface area contributed by atoms with Crippen LogP contribution < -0.4 is 16.6 Å². The molecule has 0 aliphatic carbocycles. The molecule has 100 valence electrons. The van der Waals surface area contributed by atoms with Crippen molar-refractivity contribution in [1.82, 2.24) is 9.78 Å². The number of rotatable bonds is 7. The van der Waals surface area contributed by atoms with Crippen LogP contribution in [0.25, 0.3) is 0 Å². The Balaban J connectivity index is 2.51. The van der Waals surface area contributed by atoms with Crippen molar-refractivity contribution in [2.75, 3.05) is 25.1 Å². The van der Waals surface area contributed by atoms with Crippen molar-refractivity contribution in [2.45, 2.75) is 13.5 Å². The molecule has 1 aromatic heterocycles. The molecule has 0 saturated carbocycles. The van der Waals surface area contributed by atoms with Gasteiger partial charge in [0.05, 0.1) is 18.5 Å². The second-order valence-corrected chi connectivity index (χ2v) is 4.23. The van der Waals surface area contributed by atoms with Gasteiger partial charge >= 0.3 is 0 Å². The lowest BCUT2D eigenvalue weighted by molar-refractivity contribution is -0.122. The third-order valence-corrected chi connectivity index (χ3v) is 2.86. The lowest BCUT2D eigenvalue weighted by atomic mass is 10.4. The number of hydrogen-bond donors (Lipinski definition) is 2. The molecule has 0 saturated heterocycles. The van der Waals surface area contributed by atoms with Crippen molar-refractivity contribution in [2.24, 2.45) is 5.73 Å². The van der Waals surface area contributed by atoms with Crippen molar-refractivity contribution < 1.29 is 9.53 Å². The topological polar surface area (TPSA) is 99.2 Å². The van der Waals surface area contributed by atoms with Crippen molar-refractivity contribution in [3.63, 3.8) is 0 Å². The highest BCUT2D eigenvalue weighted by molar-refractivity contribution is 9.10. The van der Waals surface area contributed by atoms with Crippen LogP contribution in [0.4, 0.5) is 5.69 Å². The fourth-order valence-corrected chi connectivity index (χ4v) is 1.69. The Labute approximate surface area is 112 Å². The lowest BCUT2D eigenvalue weighted by Crippen LogP contribution is -2.24.